The molecule has 1 aromatic rings. The van der Waals surface area contributed by atoms with E-state index < -0.39 is 24.0 Å². The molecule has 0 aliphatic heterocycles. The standard InChI is InChI=1S/C14H20F3N3O2/c1-20-9-8-19-12(20)13(22,14(15,16)17)6-7-18-11(21)5-4-10-2-3-10/h8-10,22H,2-7H2,1H3,(H,18,21). The van der Waals surface area contributed by atoms with Crippen LogP contribution in [-0.4, -0.2) is 33.3 Å². The maximum absolute atomic E-state index is 13.2. The highest BCUT2D eigenvalue weighted by molar-refractivity contribution is 5.75. The molecule has 0 spiro atoms. The van der Waals surface area contributed by atoms with Gasteiger partial charge in [-0.05, 0) is 12.3 Å². The summed E-state index contributed by atoms with van der Waals surface area (Å²) >= 11 is 0. The predicted molar refractivity (Wildman–Crippen MR) is 72.7 cm³/mol. The summed E-state index contributed by atoms with van der Waals surface area (Å²) in [5.41, 5.74) is -3.07. The smallest absolute Gasteiger partial charge is 0.374 e. The number of amides is 1. The van der Waals surface area contributed by atoms with E-state index in [0.717, 1.165) is 23.8 Å². The summed E-state index contributed by atoms with van der Waals surface area (Å²) in [4.78, 5) is 15.2. The van der Waals surface area contributed by atoms with Gasteiger partial charge >= 0.3 is 6.18 Å². The average molecular weight is 319 g/mol. The number of carbonyl (C=O) groups is 1. The van der Waals surface area contributed by atoms with Crippen molar-refractivity contribution in [3.8, 4) is 0 Å². The van der Waals surface area contributed by atoms with Gasteiger partial charge in [0.25, 0.3) is 0 Å². The van der Waals surface area contributed by atoms with Gasteiger partial charge in [-0.3, -0.25) is 4.79 Å². The first-order chi connectivity index (χ1) is 10.2. The lowest BCUT2D eigenvalue weighted by molar-refractivity contribution is -0.272. The second-order valence-corrected chi connectivity index (χ2v) is 5.80. The van der Waals surface area contributed by atoms with Crippen LogP contribution in [0.15, 0.2) is 12.4 Å². The van der Waals surface area contributed by atoms with Gasteiger partial charge in [0.2, 0.25) is 11.5 Å². The van der Waals surface area contributed by atoms with Gasteiger partial charge in [0.1, 0.15) is 5.82 Å². The summed E-state index contributed by atoms with van der Waals surface area (Å²) < 4.78 is 40.8. The molecule has 1 unspecified atom stereocenters. The molecule has 0 aromatic carbocycles. The van der Waals surface area contributed by atoms with Crippen LogP contribution in [0.25, 0.3) is 0 Å². The normalized spacial score (nSPS) is 18.0. The maximum atomic E-state index is 13.2. The van der Waals surface area contributed by atoms with Crippen LogP contribution in [0.4, 0.5) is 13.2 Å². The van der Waals surface area contributed by atoms with Crippen LogP contribution in [0, 0.1) is 5.92 Å². The molecule has 8 heteroatoms. The summed E-state index contributed by atoms with van der Waals surface area (Å²) in [6, 6.07) is 0. The molecular weight excluding hydrogens is 299 g/mol. The number of imidazole rings is 1. The minimum atomic E-state index is -4.87. The predicted octanol–water partition coefficient (Wildman–Crippen LogP) is 1.87. The minimum absolute atomic E-state index is 0.258. The van der Waals surface area contributed by atoms with E-state index in [1.54, 1.807) is 0 Å². The van der Waals surface area contributed by atoms with Crippen molar-refractivity contribution in [2.75, 3.05) is 6.54 Å². The lowest BCUT2D eigenvalue weighted by atomic mass is 9.97. The molecule has 1 fully saturated rings. The zero-order valence-electron chi connectivity index (χ0n) is 12.4. The fraction of sp³-hybridized carbons (Fsp3) is 0.714. The Morgan fingerprint density at radius 2 is 2.18 bits per heavy atom. The molecule has 1 aliphatic carbocycles. The number of aryl methyl sites for hydroxylation is 1. The van der Waals surface area contributed by atoms with Crippen molar-refractivity contribution in [2.24, 2.45) is 13.0 Å². The monoisotopic (exact) mass is 319 g/mol. The van der Waals surface area contributed by atoms with E-state index in [1.807, 2.05) is 0 Å². The number of halogens is 3. The Morgan fingerprint density at radius 1 is 1.50 bits per heavy atom. The van der Waals surface area contributed by atoms with Gasteiger partial charge in [-0.15, -0.1) is 0 Å². The van der Waals surface area contributed by atoms with Crippen LogP contribution < -0.4 is 5.32 Å². The lowest BCUT2D eigenvalue weighted by Gasteiger charge is -2.30. The molecule has 5 nitrogen and oxygen atoms in total. The van der Waals surface area contributed by atoms with E-state index in [0.29, 0.717) is 12.3 Å². The quantitative estimate of drug-likeness (QED) is 0.806. The summed E-state index contributed by atoms with van der Waals surface area (Å²) in [6.45, 7) is -0.258. The van der Waals surface area contributed by atoms with Crippen molar-refractivity contribution in [3.63, 3.8) is 0 Å². The van der Waals surface area contributed by atoms with Crippen molar-refractivity contribution in [1.82, 2.24) is 14.9 Å². The Morgan fingerprint density at radius 3 is 2.68 bits per heavy atom. The van der Waals surface area contributed by atoms with Gasteiger partial charge in [-0.2, -0.15) is 13.2 Å². The molecule has 0 bridgehead atoms. The van der Waals surface area contributed by atoms with Gasteiger partial charge in [0.05, 0.1) is 0 Å². The fourth-order valence-corrected chi connectivity index (χ4v) is 2.36. The third-order valence-corrected chi connectivity index (χ3v) is 3.95. The molecule has 1 saturated carbocycles. The third kappa shape index (κ3) is 3.79. The first-order valence-corrected chi connectivity index (χ1v) is 7.27. The van der Waals surface area contributed by atoms with Crippen LogP contribution in [0.3, 0.4) is 0 Å². The highest BCUT2D eigenvalue weighted by Crippen LogP contribution is 2.40. The Labute approximate surface area is 126 Å². The van der Waals surface area contributed by atoms with Crippen molar-refractivity contribution >= 4 is 5.91 Å². The van der Waals surface area contributed by atoms with Crippen LogP contribution in [0.1, 0.15) is 37.9 Å². The molecule has 0 saturated heterocycles. The van der Waals surface area contributed by atoms with Crippen molar-refractivity contribution in [2.45, 2.75) is 43.9 Å². The van der Waals surface area contributed by atoms with E-state index in [-0.39, 0.29) is 12.5 Å². The first-order valence-electron chi connectivity index (χ1n) is 7.27. The second kappa shape index (κ2) is 6.28. The van der Waals surface area contributed by atoms with Crippen LogP contribution in [0.5, 0.6) is 0 Å². The summed E-state index contributed by atoms with van der Waals surface area (Å²) in [7, 11) is 1.38. The fourth-order valence-electron chi connectivity index (χ4n) is 2.36. The Balaban J connectivity index is 1.93. The van der Waals surface area contributed by atoms with Gasteiger partial charge in [0.15, 0.2) is 0 Å². The lowest BCUT2D eigenvalue weighted by Crippen LogP contribution is -2.46. The molecule has 22 heavy (non-hydrogen) atoms. The molecule has 2 rings (SSSR count). The zero-order chi connectivity index (χ0) is 16.4. The molecule has 2 N–H and O–H groups in total. The number of nitrogens with zero attached hydrogens (tertiary/aromatic N) is 2. The van der Waals surface area contributed by atoms with Gasteiger partial charge in [-0.1, -0.05) is 12.8 Å². The zero-order valence-corrected chi connectivity index (χ0v) is 12.4. The van der Waals surface area contributed by atoms with Crippen LogP contribution >= 0.6 is 0 Å². The number of aromatic nitrogens is 2. The van der Waals surface area contributed by atoms with Crippen molar-refractivity contribution in [1.29, 1.82) is 0 Å². The molecule has 1 atom stereocenters. The molecule has 1 aromatic heterocycles. The Bertz CT molecular complexity index is 526. The van der Waals surface area contributed by atoms with Crippen molar-refractivity contribution < 1.29 is 23.1 Å². The van der Waals surface area contributed by atoms with Gasteiger partial charge in [0, 0.05) is 38.8 Å². The summed E-state index contributed by atoms with van der Waals surface area (Å²) in [6.07, 6.45) is 0.328. The number of rotatable bonds is 7. The van der Waals surface area contributed by atoms with E-state index in [4.69, 9.17) is 0 Å². The number of hydrogen-bond acceptors (Lipinski definition) is 3. The van der Waals surface area contributed by atoms with Crippen molar-refractivity contribution in [3.05, 3.63) is 18.2 Å². The van der Waals surface area contributed by atoms with Crippen LogP contribution in [-0.2, 0) is 17.4 Å². The second-order valence-electron chi connectivity index (χ2n) is 5.80. The van der Waals surface area contributed by atoms with Crippen LogP contribution in [0.2, 0.25) is 0 Å². The molecule has 1 heterocycles. The SMILES string of the molecule is Cn1ccnc1C(O)(CCNC(=O)CCC1CC1)C(F)(F)F. The van der Waals surface area contributed by atoms with E-state index in [2.05, 4.69) is 10.3 Å². The third-order valence-electron chi connectivity index (χ3n) is 3.95. The van der Waals surface area contributed by atoms with E-state index in [9.17, 15) is 23.1 Å². The topological polar surface area (TPSA) is 67.2 Å². The molecule has 1 aliphatic rings. The molecule has 1 amide bonds. The summed E-state index contributed by atoms with van der Waals surface area (Å²) in [5, 5.41) is 12.5. The largest absolute Gasteiger partial charge is 0.424 e. The van der Waals surface area contributed by atoms with Gasteiger partial charge in [-0.25, -0.2) is 4.98 Å². The maximum Gasteiger partial charge on any atom is 0.424 e. The van der Waals surface area contributed by atoms with E-state index in [1.165, 1.54) is 19.4 Å². The molecule has 0 radical (unpaired) electrons. The number of alkyl halides is 3. The van der Waals surface area contributed by atoms with E-state index >= 15 is 0 Å². The Hall–Kier alpha value is -1.57. The number of nitrogens with one attached hydrogen (secondary N) is 1. The highest BCUT2D eigenvalue weighted by Gasteiger charge is 2.57. The number of carbonyl (C=O) groups excluding carboxylic acids is 1. The molecule has 124 valence electrons. The van der Waals surface area contributed by atoms with Gasteiger partial charge < -0.3 is 15.0 Å². The average Bonchev–Trinajstić information content (AvgIpc) is 3.15. The first kappa shape index (κ1) is 16.8. The number of aliphatic hydroxyl groups is 1. The molecular formula is C14H20F3N3O2. The summed E-state index contributed by atoms with van der Waals surface area (Å²) in [5.74, 6) is -0.172. The number of hydrogen-bond donors (Lipinski definition) is 2. The Kier molecular flexibility index (Phi) is 4.79. The highest BCUT2D eigenvalue weighted by atomic mass is 19.4. The minimum Gasteiger partial charge on any atom is -0.374 e.